The number of likely N-dealkylation sites (tertiary alicyclic amines) is 1. The molecule has 2 nitrogen and oxygen atoms in total. The fraction of sp³-hybridized carbons (Fsp3) is 0.500. The van der Waals surface area contributed by atoms with Gasteiger partial charge in [0.15, 0.2) is 0 Å². The highest BCUT2D eigenvalue weighted by Gasteiger charge is 2.13. The van der Waals surface area contributed by atoms with Crippen molar-refractivity contribution in [3.05, 3.63) is 71.8 Å². The van der Waals surface area contributed by atoms with Gasteiger partial charge in [-0.15, -0.1) is 0 Å². The number of hydrogen-bond acceptors (Lipinski definition) is 2. The van der Waals surface area contributed by atoms with Gasteiger partial charge in [0.25, 0.3) is 0 Å². The molecule has 0 aromatic heterocycles. The number of hydrogen-bond donors (Lipinski definition) is 1. The molecule has 26 heavy (non-hydrogen) atoms. The van der Waals surface area contributed by atoms with E-state index in [1.54, 1.807) is 0 Å². The zero-order valence-corrected chi connectivity index (χ0v) is 16.1. The van der Waals surface area contributed by atoms with Gasteiger partial charge < -0.3 is 10.2 Å². The molecule has 1 aliphatic heterocycles. The van der Waals surface area contributed by atoms with Gasteiger partial charge in [0, 0.05) is 5.92 Å². The van der Waals surface area contributed by atoms with Gasteiger partial charge >= 0.3 is 0 Å². The summed E-state index contributed by atoms with van der Waals surface area (Å²) >= 11 is 0. The second-order valence-corrected chi connectivity index (χ2v) is 7.52. The first-order valence-electron chi connectivity index (χ1n) is 10.5. The van der Waals surface area contributed by atoms with Crippen molar-refractivity contribution in [2.45, 2.75) is 44.4 Å². The van der Waals surface area contributed by atoms with Crippen LogP contribution in [0.4, 0.5) is 0 Å². The highest BCUT2D eigenvalue weighted by molar-refractivity contribution is 5.32. The third-order valence-electron chi connectivity index (χ3n) is 5.53. The molecular weight excluding hydrogens is 316 g/mol. The first kappa shape index (κ1) is 19.1. The first-order valence-corrected chi connectivity index (χ1v) is 10.5. The monoisotopic (exact) mass is 350 g/mol. The molecular formula is C24H34N2. The molecule has 2 aromatic rings. The van der Waals surface area contributed by atoms with Gasteiger partial charge in [-0.05, 0) is 76.0 Å². The molecule has 0 atom stereocenters. The van der Waals surface area contributed by atoms with E-state index in [0.29, 0.717) is 5.92 Å². The van der Waals surface area contributed by atoms with Crippen molar-refractivity contribution < 1.29 is 0 Å². The molecule has 0 amide bonds. The summed E-state index contributed by atoms with van der Waals surface area (Å²) < 4.78 is 0. The normalized spacial score (nSPS) is 15.4. The minimum absolute atomic E-state index is 0.507. The Morgan fingerprint density at radius 2 is 1.31 bits per heavy atom. The molecule has 3 rings (SSSR count). The van der Waals surface area contributed by atoms with E-state index in [1.807, 2.05) is 0 Å². The maximum absolute atomic E-state index is 3.66. The Kier molecular flexibility index (Phi) is 8.21. The Balaban J connectivity index is 1.38. The molecule has 0 unspecified atom stereocenters. The second kappa shape index (κ2) is 11.2. The summed E-state index contributed by atoms with van der Waals surface area (Å²) in [7, 11) is 0. The largest absolute Gasteiger partial charge is 0.317 e. The summed E-state index contributed by atoms with van der Waals surface area (Å²) in [6, 6.07) is 21.9. The highest BCUT2D eigenvalue weighted by atomic mass is 15.1. The van der Waals surface area contributed by atoms with Crippen LogP contribution in [0.25, 0.3) is 0 Å². The van der Waals surface area contributed by atoms with E-state index >= 15 is 0 Å². The number of benzene rings is 2. The molecule has 1 fully saturated rings. The summed E-state index contributed by atoms with van der Waals surface area (Å²) in [5.74, 6) is 0.507. The lowest BCUT2D eigenvalue weighted by atomic mass is 9.87. The standard InChI is InChI=1S/C24H34N2/c1-4-12-22(13-5-1)24(23-14-6-2-7-15-23)16-10-17-25-18-11-21-26-19-8-3-9-20-26/h1-2,4-7,12-15,24-25H,3,8-11,16-21H2. The predicted molar refractivity (Wildman–Crippen MR) is 112 cm³/mol. The van der Waals surface area contributed by atoms with Crippen molar-refractivity contribution >= 4 is 0 Å². The topological polar surface area (TPSA) is 15.3 Å². The first-order chi connectivity index (χ1) is 12.9. The van der Waals surface area contributed by atoms with Crippen LogP contribution < -0.4 is 5.32 Å². The van der Waals surface area contributed by atoms with Crippen molar-refractivity contribution in [1.82, 2.24) is 10.2 Å². The van der Waals surface area contributed by atoms with E-state index in [2.05, 4.69) is 70.9 Å². The summed E-state index contributed by atoms with van der Waals surface area (Å²) in [4.78, 5) is 2.63. The minimum Gasteiger partial charge on any atom is -0.317 e. The molecule has 1 aliphatic rings. The van der Waals surface area contributed by atoms with Crippen LogP contribution in [0.1, 0.15) is 55.6 Å². The van der Waals surface area contributed by atoms with Gasteiger partial charge in [-0.2, -0.15) is 0 Å². The molecule has 2 aromatic carbocycles. The smallest absolute Gasteiger partial charge is 0.00898 e. The zero-order chi connectivity index (χ0) is 17.9. The molecule has 0 radical (unpaired) electrons. The van der Waals surface area contributed by atoms with Crippen molar-refractivity contribution in [1.29, 1.82) is 0 Å². The fourth-order valence-corrected chi connectivity index (χ4v) is 4.06. The summed E-state index contributed by atoms with van der Waals surface area (Å²) in [5, 5.41) is 3.66. The highest BCUT2D eigenvalue weighted by Crippen LogP contribution is 2.28. The second-order valence-electron chi connectivity index (χ2n) is 7.52. The maximum Gasteiger partial charge on any atom is 0.00898 e. The van der Waals surface area contributed by atoms with Crippen LogP contribution in [0.5, 0.6) is 0 Å². The maximum atomic E-state index is 3.66. The van der Waals surface area contributed by atoms with E-state index < -0.39 is 0 Å². The van der Waals surface area contributed by atoms with E-state index in [0.717, 1.165) is 13.1 Å². The summed E-state index contributed by atoms with van der Waals surface area (Å²) in [6.45, 7) is 6.17. The lowest BCUT2D eigenvalue weighted by Crippen LogP contribution is -2.32. The third-order valence-corrected chi connectivity index (χ3v) is 5.53. The summed E-state index contributed by atoms with van der Waals surface area (Å²) in [5.41, 5.74) is 2.87. The van der Waals surface area contributed by atoms with Crippen molar-refractivity contribution in [2.24, 2.45) is 0 Å². The zero-order valence-electron chi connectivity index (χ0n) is 16.1. The Bertz CT molecular complexity index is 551. The Morgan fingerprint density at radius 3 is 1.92 bits per heavy atom. The van der Waals surface area contributed by atoms with E-state index in [4.69, 9.17) is 0 Å². The van der Waals surface area contributed by atoms with Crippen LogP contribution >= 0.6 is 0 Å². The molecule has 1 saturated heterocycles. The molecule has 0 saturated carbocycles. The van der Waals surface area contributed by atoms with Crippen LogP contribution in [0.3, 0.4) is 0 Å². The van der Waals surface area contributed by atoms with Gasteiger partial charge in [-0.3, -0.25) is 0 Å². The van der Waals surface area contributed by atoms with Gasteiger partial charge in [0.1, 0.15) is 0 Å². The fourth-order valence-electron chi connectivity index (χ4n) is 4.06. The van der Waals surface area contributed by atoms with Crippen LogP contribution in [0.2, 0.25) is 0 Å². The molecule has 0 aliphatic carbocycles. The number of nitrogens with one attached hydrogen (secondary N) is 1. The molecule has 0 bridgehead atoms. The van der Waals surface area contributed by atoms with E-state index in [-0.39, 0.29) is 0 Å². The van der Waals surface area contributed by atoms with Crippen LogP contribution in [0.15, 0.2) is 60.7 Å². The van der Waals surface area contributed by atoms with Gasteiger partial charge in [-0.25, -0.2) is 0 Å². The molecule has 0 spiro atoms. The van der Waals surface area contributed by atoms with Crippen LogP contribution in [-0.4, -0.2) is 37.6 Å². The summed E-state index contributed by atoms with van der Waals surface area (Å²) in [6.07, 6.45) is 7.92. The van der Waals surface area contributed by atoms with Gasteiger partial charge in [-0.1, -0.05) is 67.1 Å². The Hall–Kier alpha value is -1.64. The average molecular weight is 351 g/mol. The van der Waals surface area contributed by atoms with Crippen molar-refractivity contribution in [3.63, 3.8) is 0 Å². The lowest BCUT2D eigenvalue weighted by Gasteiger charge is -2.26. The molecule has 2 heteroatoms. The predicted octanol–water partition coefficient (Wildman–Crippen LogP) is 5.06. The minimum atomic E-state index is 0.507. The molecule has 140 valence electrons. The number of nitrogens with zero attached hydrogens (tertiary/aromatic N) is 1. The Labute approximate surface area is 159 Å². The molecule has 1 N–H and O–H groups in total. The van der Waals surface area contributed by atoms with Crippen molar-refractivity contribution in [2.75, 3.05) is 32.7 Å². The average Bonchev–Trinajstić information content (AvgIpc) is 2.72. The third kappa shape index (κ3) is 6.26. The van der Waals surface area contributed by atoms with Crippen molar-refractivity contribution in [3.8, 4) is 0 Å². The Morgan fingerprint density at radius 1 is 0.731 bits per heavy atom. The van der Waals surface area contributed by atoms with Crippen LogP contribution in [0, 0.1) is 0 Å². The SMILES string of the molecule is c1ccc(C(CCCNCCCN2CCCCC2)c2ccccc2)cc1. The quantitative estimate of drug-likeness (QED) is 0.602. The number of piperidine rings is 1. The van der Waals surface area contributed by atoms with Gasteiger partial charge in [0.2, 0.25) is 0 Å². The molecule has 1 heterocycles. The van der Waals surface area contributed by atoms with Gasteiger partial charge in [0.05, 0.1) is 0 Å². The van der Waals surface area contributed by atoms with Crippen LogP contribution in [-0.2, 0) is 0 Å². The van der Waals surface area contributed by atoms with E-state index in [9.17, 15) is 0 Å². The lowest BCUT2D eigenvalue weighted by molar-refractivity contribution is 0.226. The number of rotatable bonds is 10. The van der Waals surface area contributed by atoms with E-state index in [1.165, 1.54) is 69.3 Å².